The Hall–Kier alpha value is -3.81. The van der Waals surface area contributed by atoms with E-state index in [1.165, 1.54) is 12.1 Å². The monoisotopic (exact) mass is 428 g/mol. The van der Waals surface area contributed by atoms with Gasteiger partial charge in [-0.3, -0.25) is 4.79 Å². The molecule has 0 aliphatic heterocycles. The predicted molar refractivity (Wildman–Crippen MR) is 119 cm³/mol. The third kappa shape index (κ3) is 3.68. The summed E-state index contributed by atoms with van der Waals surface area (Å²) in [5.41, 5.74) is 4.32. The summed E-state index contributed by atoms with van der Waals surface area (Å²) in [6.07, 6.45) is 7.75. The maximum absolute atomic E-state index is 13.6. The van der Waals surface area contributed by atoms with Gasteiger partial charge >= 0.3 is 0 Å². The maximum atomic E-state index is 13.6. The summed E-state index contributed by atoms with van der Waals surface area (Å²) < 4.78 is 15.3. The summed E-state index contributed by atoms with van der Waals surface area (Å²) in [5, 5.41) is 11.1. The van der Waals surface area contributed by atoms with Crippen LogP contribution in [0.3, 0.4) is 0 Å². The van der Waals surface area contributed by atoms with Crippen LogP contribution in [-0.2, 0) is 0 Å². The van der Waals surface area contributed by atoms with Gasteiger partial charge < -0.3 is 10.6 Å². The molecule has 0 bridgehead atoms. The van der Waals surface area contributed by atoms with E-state index >= 15 is 0 Å². The van der Waals surface area contributed by atoms with Crippen LogP contribution in [0, 0.1) is 5.82 Å². The number of carbonyl (C=O) groups is 1. The number of hydrogen-bond donors (Lipinski definition) is 2. The Bertz CT molecular complexity index is 1320. The maximum Gasteiger partial charge on any atom is 0.253 e. The summed E-state index contributed by atoms with van der Waals surface area (Å²) in [5.74, 6) is 0.165. The molecule has 8 heteroatoms. The summed E-state index contributed by atoms with van der Waals surface area (Å²) in [7, 11) is 0. The van der Waals surface area contributed by atoms with Crippen molar-refractivity contribution < 1.29 is 9.18 Å². The number of amides is 1. The van der Waals surface area contributed by atoms with Crippen LogP contribution in [0.25, 0.3) is 28.0 Å². The Morgan fingerprint density at radius 2 is 1.78 bits per heavy atom. The SMILES string of the molecule is O=C(NC1CC1)c1ccc2c(-c3ccnc(NC4CC4)n3)c(-c3ccc(F)cc3)nn2c1. The molecule has 2 N–H and O–H groups in total. The number of nitrogens with zero attached hydrogens (tertiary/aromatic N) is 4. The summed E-state index contributed by atoms with van der Waals surface area (Å²) >= 11 is 0. The lowest BCUT2D eigenvalue weighted by Crippen LogP contribution is -2.25. The van der Waals surface area contributed by atoms with Crippen molar-refractivity contribution in [2.24, 2.45) is 0 Å². The van der Waals surface area contributed by atoms with Crippen molar-refractivity contribution in [2.45, 2.75) is 37.8 Å². The minimum Gasteiger partial charge on any atom is -0.351 e. The van der Waals surface area contributed by atoms with Crippen molar-refractivity contribution in [3.8, 4) is 22.5 Å². The van der Waals surface area contributed by atoms with Gasteiger partial charge in [0, 0.05) is 30.0 Å². The quantitative estimate of drug-likeness (QED) is 0.484. The molecule has 0 spiro atoms. The van der Waals surface area contributed by atoms with Crippen LogP contribution in [0.2, 0.25) is 0 Å². The Morgan fingerprint density at radius 1 is 1.00 bits per heavy atom. The number of hydrogen-bond acceptors (Lipinski definition) is 5. The van der Waals surface area contributed by atoms with Crippen molar-refractivity contribution in [1.82, 2.24) is 24.9 Å². The lowest BCUT2D eigenvalue weighted by molar-refractivity contribution is 0.0950. The molecule has 1 aromatic carbocycles. The van der Waals surface area contributed by atoms with Crippen molar-refractivity contribution >= 4 is 17.4 Å². The Labute approximate surface area is 183 Å². The largest absolute Gasteiger partial charge is 0.351 e. The first kappa shape index (κ1) is 18.9. The Morgan fingerprint density at radius 3 is 2.53 bits per heavy atom. The van der Waals surface area contributed by atoms with Crippen LogP contribution in [0.5, 0.6) is 0 Å². The fraction of sp³-hybridized carbons (Fsp3) is 0.250. The van der Waals surface area contributed by atoms with Gasteiger partial charge in [-0.15, -0.1) is 0 Å². The Kier molecular flexibility index (Phi) is 4.38. The third-order valence-electron chi connectivity index (χ3n) is 5.74. The number of pyridine rings is 1. The smallest absolute Gasteiger partial charge is 0.253 e. The molecule has 0 saturated heterocycles. The predicted octanol–water partition coefficient (Wildman–Crippen LogP) is 4.06. The summed E-state index contributed by atoms with van der Waals surface area (Å²) in [6, 6.07) is 12.5. The summed E-state index contributed by atoms with van der Waals surface area (Å²) in [4.78, 5) is 21.6. The average Bonchev–Trinajstić information content (AvgIpc) is 3.73. The zero-order chi connectivity index (χ0) is 21.7. The second-order valence-corrected chi connectivity index (χ2v) is 8.41. The molecule has 0 atom stereocenters. The molecule has 0 unspecified atom stereocenters. The highest BCUT2D eigenvalue weighted by Gasteiger charge is 2.25. The highest BCUT2D eigenvalue weighted by molar-refractivity contribution is 5.96. The minimum atomic E-state index is -0.309. The Balaban J connectivity index is 1.48. The van der Waals surface area contributed by atoms with Crippen LogP contribution in [-0.4, -0.2) is 37.6 Å². The van der Waals surface area contributed by atoms with E-state index in [0.717, 1.165) is 42.3 Å². The number of fused-ring (bicyclic) bond motifs is 1. The lowest BCUT2D eigenvalue weighted by atomic mass is 10.0. The van der Waals surface area contributed by atoms with Gasteiger partial charge in [-0.2, -0.15) is 5.10 Å². The molecule has 2 saturated carbocycles. The molecule has 2 aliphatic rings. The number of benzene rings is 1. The van der Waals surface area contributed by atoms with Crippen LogP contribution in [0.4, 0.5) is 10.3 Å². The molecular weight excluding hydrogens is 407 g/mol. The van der Waals surface area contributed by atoms with E-state index in [1.807, 2.05) is 12.1 Å². The van der Waals surface area contributed by atoms with Crippen LogP contribution >= 0.6 is 0 Å². The molecule has 6 rings (SSSR count). The van der Waals surface area contributed by atoms with Crippen molar-refractivity contribution in [3.05, 3.63) is 66.2 Å². The second kappa shape index (κ2) is 7.40. The van der Waals surface area contributed by atoms with E-state index in [9.17, 15) is 9.18 Å². The fourth-order valence-electron chi connectivity index (χ4n) is 3.72. The number of carbonyl (C=O) groups excluding carboxylic acids is 1. The lowest BCUT2D eigenvalue weighted by Gasteiger charge is -2.07. The molecule has 1 amide bonds. The molecule has 3 aromatic heterocycles. The molecule has 2 fully saturated rings. The van der Waals surface area contributed by atoms with Gasteiger partial charge in [-0.1, -0.05) is 0 Å². The van der Waals surface area contributed by atoms with E-state index in [1.54, 1.807) is 35.1 Å². The van der Waals surface area contributed by atoms with Gasteiger partial charge in [0.25, 0.3) is 5.91 Å². The number of aromatic nitrogens is 4. The zero-order valence-electron chi connectivity index (χ0n) is 17.3. The van der Waals surface area contributed by atoms with Crippen molar-refractivity contribution in [2.75, 3.05) is 5.32 Å². The highest BCUT2D eigenvalue weighted by Crippen LogP contribution is 2.35. The first-order chi connectivity index (χ1) is 15.6. The molecule has 32 heavy (non-hydrogen) atoms. The van der Waals surface area contributed by atoms with Gasteiger partial charge in [0.1, 0.15) is 11.5 Å². The van der Waals surface area contributed by atoms with E-state index < -0.39 is 0 Å². The zero-order valence-corrected chi connectivity index (χ0v) is 17.3. The van der Waals surface area contributed by atoms with Gasteiger partial charge in [0.2, 0.25) is 5.95 Å². The van der Waals surface area contributed by atoms with Crippen LogP contribution in [0.15, 0.2) is 54.9 Å². The van der Waals surface area contributed by atoms with Crippen LogP contribution in [0.1, 0.15) is 36.0 Å². The van der Waals surface area contributed by atoms with Gasteiger partial charge in [0.15, 0.2) is 0 Å². The third-order valence-corrected chi connectivity index (χ3v) is 5.74. The molecule has 7 nitrogen and oxygen atoms in total. The molecule has 0 radical (unpaired) electrons. The highest BCUT2D eigenvalue weighted by atomic mass is 19.1. The fourth-order valence-corrected chi connectivity index (χ4v) is 3.72. The van der Waals surface area contributed by atoms with E-state index in [4.69, 9.17) is 10.1 Å². The van der Waals surface area contributed by atoms with Crippen molar-refractivity contribution in [1.29, 1.82) is 0 Å². The standard InChI is InChI=1S/C24H21FN6O/c25-16-4-1-14(2-5-16)22-21(19-11-12-26-24(29-19)28-18-8-9-18)20-10-3-15(13-31(20)30-22)23(32)27-17-6-7-17/h1-5,10-13,17-18H,6-9H2,(H,27,32)(H,26,28,29). The topological polar surface area (TPSA) is 84.2 Å². The summed E-state index contributed by atoms with van der Waals surface area (Å²) in [6.45, 7) is 0. The van der Waals surface area contributed by atoms with Gasteiger partial charge in [-0.25, -0.2) is 18.9 Å². The number of nitrogens with one attached hydrogen (secondary N) is 2. The average molecular weight is 428 g/mol. The first-order valence-corrected chi connectivity index (χ1v) is 10.8. The first-order valence-electron chi connectivity index (χ1n) is 10.8. The molecule has 160 valence electrons. The normalized spacial score (nSPS) is 15.7. The molecule has 3 heterocycles. The van der Waals surface area contributed by atoms with E-state index in [-0.39, 0.29) is 17.8 Å². The van der Waals surface area contributed by atoms with Gasteiger partial charge in [-0.05, 0) is 68.1 Å². The second-order valence-electron chi connectivity index (χ2n) is 8.41. The molecule has 4 aromatic rings. The van der Waals surface area contributed by atoms with E-state index in [0.29, 0.717) is 28.9 Å². The molecular formula is C24H21FN6O. The minimum absolute atomic E-state index is 0.104. The van der Waals surface area contributed by atoms with Crippen LogP contribution < -0.4 is 10.6 Å². The van der Waals surface area contributed by atoms with Gasteiger partial charge in [0.05, 0.1) is 22.3 Å². The number of anilines is 1. The number of rotatable bonds is 6. The molecule has 2 aliphatic carbocycles. The number of halogens is 1. The van der Waals surface area contributed by atoms with Crippen molar-refractivity contribution in [3.63, 3.8) is 0 Å². The van der Waals surface area contributed by atoms with E-state index in [2.05, 4.69) is 15.6 Å².